The molecule has 1 atom stereocenters. The Morgan fingerprint density at radius 3 is 2.74 bits per heavy atom. The number of anilines is 1. The maximum absolute atomic E-state index is 10.1. The van der Waals surface area contributed by atoms with Crippen molar-refractivity contribution in [1.29, 1.82) is 0 Å². The van der Waals surface area contributed by atoms with Crippen molar-refractivity contribution in [3.05, 3.63) is 45.9 Å². The van der Waals surface area contributed by atoms with E-state index >= 15 is 0 Å². The molecule has 0 aliphatic heterocycles. The van der Waals surface area contributed by atoms with E-state index in [0.717, 1.165) is 29.9 Å². The molecule has 1 aromatic heterocycles. The monoisotopic (exact) mass is 276 g/mol. The third-order valence-electron chi connectivity index (χ3n) is 3.32. The van der Waals surface area contributed by atoms with Gasteiger partial charge in [0.25, 0.3) is 0 Å². The van der Waals surface area contributed by atoms with Gasteiger partial charge in [0.1, 0.15) is 0 Å². The highest BCUT2D eigenvalue weighted by molar-refractivity contribution is 7.09. The van der Waals surface area contributed by atoms with Crippen molar-refractivity contribution < 1.29 is 5.11 Å². The van der Waals surface area contributed by atoms with Gasteiger partial charge in [-0.05, 0) is 19.4 Å². The Labute approximate surface area is 118 Å². The number of aromatic nitrogens is 1. The van der Waals surface area contributed by atoms with E-state index in [9.17, 15) is 5.11 Å². The minimum atomic E-state index is -0.402. The zero-order valence-electron chi connectivity index (χ0n) is 11.6. The lowest BCUT2D eigenvalue weighted by Crippen LogP contribution is -2.18. The van der Waals surface area contributed by atoms with Crippen molar-refractivity contribution in [3.63, 3.8) is 0 Å². The highest BCUT2D eigenvalue weighted by Crippen LogP contribution is 2.29. The molecule has 0 fully saturated rings. The summed E-state index contributed by atoms with van der Waals surface area (Å²) >= 11 is 1.68. The molecule has 0 bridgehead atoms. The number of nitrogens with zero attached hydrogens (tertiary/aromatic N) is 2. The lowest BCUT2D eigenvalue weighted by Gasteiger charge is -2.24. The van der Waals surface area contributed by atoms with Gasteiger partial charge in [-0.3, -0.25) is 0 Å². The summed E-state index contributed by atoms with van der Waals surface area (Å²) < 4.78 is 0. The van der Waals surface area contributed by atoms with Crippen molar-refractivity contribution in [2.45, 2.75) is 32.9 Å². The zero-order valence-corrected chi connectivity index (χ0v) is 12.4. The van der Waals surface area contributed by atoms with Crippen LogP contribution in [0.1, 0.15) is 35.6 Å². The summed E-state index contributed by atoms with van der Waals surface area (Å²) in [7, 11) is 2.06. The second-order valence-electron chi connectivity index (χ2n) is 4.70. The van der Waals surface area contributed by atoms with Crippen molar-refractivity contribution >= 4 is 17.0 Å². The summed E-state index contributed by atoms with van der Waals surface area (Å²) in [4.78, 5) is 7.72. The molecule has 19 heavy (non-hydrogen) atoms. The van der Waals surface area contributed by atoms with Crippen LogP contribution in [0.5, 0.6) is 0 Å². The maximum Gasteiger partial charge on any atom is 0.0807 e. The average Bonchev–Trinajstić information content (AvgIpc) is 2.83. The van der Waals surface area contributed by atoms with E-state index in [4.69, 9.17) is 0 Å². The Morgan fingerprint density at radius 2 is 2.11 bits per heavy atom. The predicted octanol–water partition coefficient (Wildman–Crippen LogP) is 3.53. The average molecular weight is 276 g/mol. The molecule has 0 saturated heterocycles. The molecule has 102 valence electrons. The lowest BCUT2D eigenvalue weighted by molar-refractivity contribution is 0.174. The fourth-order valence-electron chi connectivity index (χ4n) is 2.12. The van der Waals surface area contributed by atoms with Crippen molar-refractivity contribution in [2.75, 3.05) is 11.9 Å². The summed E-state index contributed by atoms with van der Waals surface area (Å²) in [6, 6.07) is 8.05. The quantitative estimate of drug-likeness (QED) is 0.907. The summed E-state index contributed by atoms with van der Waals surface area (Å²) in [5, 5.41) is 10.1. The van der Waals surface area contributed by atoms with Gasteiger partial charge < -0.3 is 10.0 Å². The van der Waals surface area contributed by atoms with E-state index in [-0.39, 0.29) is 0 Å². The normalized spacial score (nSPS) is 12.4. The fourth-order valence-corrected chi connectivity index (χ4v) is 2.94. The van der Waals surface area contributed by atoms with E-state index in [1.807, 2.05) is 37.6 Å². The second-order valence-corrected chi connectivity index (χ2v) is 5.64. The summed E-state index contributed by atoms with van der Waals surface area (Å²) in [6.45, 7) is 4.85. The van der Waals surface area contributed by atoms with Gasteiger partial charge in [-0.2, -0.15) is 0 Å². The number of para-hydroxylation sites is 1. The predicted molar refractivity (Wildman–Crippen MR) is 80.7 cm³/mol. The molecule has 0 spiro atoms. The number of rotatable bonds is 5. The van der Waals surface area contributed by atoms with Crippen LogP contribution in [0, 0.1) is 6.92 Å². The Morgan fingerprint density at radius 1 is 1.37 bits per heavy atom. The first kappa shape index (κ1) is 14.0. The molecule has 0 radical (unpaired) electrons. The molecule has 0 aliphatic carbocycles. The molecule has 0 amide bonds. The smallest absolute Gasteiger partial charge is 0.0807 e. The van der Waals surface area contributed by atoms with Crippen LogP contribution in [0.15, 0.2) is 29.8 Å². The summed E-state index contributed by atoms with van der Waals surface area (Å²) in [5.41, 5.74) is 5.05. The van der Waals surface area contributed by atoms with E-state index < -0.39 is 6.10 Å². The van der Waals surface area contributed by atoms with Crippen LogP contribution in [0.4, 0.5) is 5.69 Å². The van der Waals surface area contributed by atoms with Crippen LogP contribution >= 0.6 is 11.3 Å². The number of aliphatic hydroxyl groups excluding tert-OH is 1. The maximum atomic E-state index is 10.1. The van der Waals surface area contributed by atoms with Gasteiger partial charge in [-0.25, -0.2) is 4.98 Å². The van der Waals surface area contributed by atoms with Crippen LogP contribution < -0.4 is 4.90 Å². The summed E-state index contributed by atoms with van der Waals surface area (Å²) in [5.74, 6) is 0. The molecule has 1 N–H and O–H groups in total. The van der Waals surface area contributed by atoms with Gasteiger partial charge in [0, 0.05) is 23.2 Å². The molecule has 1 aromatic carbocycles. The minimum Gasteiger partial charge on any atom is -0.388 e. The first-order valence-corrected chi connectivity index (χ1v) is 7.38. The Balaban J connectivity index is 2.24. The number of thiazole rings is 1. The lowest BCUT2D eigenvalue weighted by atomic mass is 10.0. The number of benzene rings is 1. The topological polar surface area (TPSA) is 36.4 Å². The van der Waals surface area contributed by atoms with Gasteiger partial charge in [0.2, 0.25) is 0 Å². The largest absolute Gasteiger partial charge is 0.388 e. The highest BCUT2D eigenvalue weighted by atomic mass is 32.1. The zero-order chi connectivity index (χ0) is 13.8. The molecular formula is C15H20N2OS. The van der Waals surface area contributed by atoms with E-state index in [0.29, 0.717) is 0 Å². The van der Waals surface area contributed by atoms with Crippen LogP contribution in [0.3, 0.4) is 0 Å². The van der Waals surface area contributed by atoms with Gasteiger partial charge in [0.05, 0.1) is 23.9 Å². The fraction of sp³-hybridized carbons (Fsp3) is 0.400. The van der Waals surface area contributed by atoms with Crippen molar-refractivity contribution in [2.24, 2.45) is 0 Å². The van der Waals surface area contributed by atoms with Crippen molar-refractivity contribution in [3.8, 4) is 0 Å². The SMILES string of the molecule is CCC(O)c1ccccc1N(C)Cc1scnc1C. The molecule has 2 aromatic rings. The van der Waals surface area contributed by atoms with Gasteiger partial charge in [-0.15, -0.1) is 11.3 Å². The van der Waals surface area contributed by atoms with E-state index in [1.165, 1.54) is 4.88 Å². The minimum absolute atomic E-state index is 0.402. The molecular weight excluding hydrogens is 256 g/mol. The van der Waals surface area contributed by atoms with Crippen LogP contribution in [-0.4, -0.2) is 17.1 Å². The molecule has 1 unspecified atom stereocenters. The van der Waals surface area contributed by atoms with Crippen LogP contribution in [0.2, 0.25) is 0 Å². The number of hydrogen-bond donors (Lipinski definition) is 1. The molecule has 2 rings (SSSR count). The van der Waals surface area contributed by atoms with Gasteiger partial charge >= 0.3 is 0 Å². The summed E-state index contributed by atoms with van der Waals surface area (Å²) in [6.07, 6.45) is 0.325. The third-order valence-corrected chi connectivity index (χ3v) is 4.24. The van der Waals surface area contributed by atoms with E-state index in [1.54, 1.807) is 11.3 Å². The highest BCUT2D eigenvalue weighted by Gasteiger charge is 2.14. The Hall–Kier alpha value is -1.39. The molecule has 0 aliphatic rings. The first-order chi connectivity index (χ1) is 9.13. The Bertz CT molecular complexity index is 538. The number of aryl methyl sites for hydroxylation is 1. The number of aliphatic hydroxyl groups is 1. The molecule has 0 saturated carbocycles. The molecule has 4 heteroatoms. The Kier molecular flexibility index (Phi) is 4.56. The van der Waals surface area contributed by atoms with Gasteiger partial charge in [-0.1, -0.05) is 25.1 Å². The van der Waals surface area contributed by atoms with E-state index in [2.05, 4.69) is 23.0 Å². The van der Waals surface area contributed by atoms with Crippen LogP contribution in [-0.2, 0) is 6.54 Å². The first-order valence-electron chi connectivity index (χ1n) is 6.50. The van der Waals surface area contributed by atoms with Gasteiger partial charge in [0.15, 0.2) is 0 Å². The molecule has 1 heterocycles. The van der Waals surface area contributed by atoms with Crippen LogP contribution in [0.25, 0.3) is 0 Å². The standard InChI is InChI=1S/C15H20N2OS/c1-4-14(18)12-7-5-6-8-13(12)17(3)9-15-11(2)16-10-19-15/h5-8,10,14,18H,4,9H2,1-3H3. The van der Waals surface area contributed by atoms with Crippen molar-refractivity contribution in [1.82, 2.24) is 4.98 Å². The second kappa shape index (κ2) is 6.17. The number of hydrogen-bond acceptors (Lipinski definition) is 4. The third kappa shape index (κ3) is 3.14. The molecule has 3 nitrogen and oxygen atoms in total.